The maximum absolute atomic E-state index is 11.8. The average Bonchev–Trinajstić information content (AvgIpc) is 2.66. The van der Waals surface area contributed by atoms with Crippen molar-refractivity contribution in [2.75, 3.05) is 55.4 Å². The molecule has 8 heteroatoms. The van der Waals surface area contributed by atoms with Crippen LogP contribution in [0.25, 0.3) is 0 Å². The highest BCUT2D eigenvalue weighted by atomic mass is 16.5. The number of nitrogen functional groups attached to an aromatic ring is 1. The zero-order chi connectivity index (χ0) is 18.2. The number of ether oxygens (including phenoxy) is 2. The van der Waals surface area contributed by atoms with Crippen LogP contribution in [0.15, 0.2) is 42.5 Å². The fourth-order valence-electron chi connectivity index (χ4n) is 2.61. The van der Waals surface area contributed by atoms with Gasteiger partial charge in [0.25, 0.3) is 0 Å². The minimum atomic E-state index is -0.283. The van der Waals surface area contributed by atoms with Crippen molar-refractivity contribution in [3.05, 3.63) is 42.5 Å². The number of hydrogen-bond acceptors (Lipinski definition) is 6. The Morgan fingerprint density at radius 1 is 1.27 bits per heavy atom. The van der Waals surface area contributed by atoms with Crippen LogP contribution in [-0.2, 0) is 4.74 Å². The molecule has 0 atom stereocenters. The second-order valence-corrected chi connectivity index (χ2v) is 5.78. The Morgan fingerprint density at radius 3 is 2.81 bits per heavy atom. The zero-order valence-electron chi connectivity index (χ0n) is 14.5. The van der Waals surface area contributed by atoms with E-state index in [9.17, 15) is 4.79 Å². The lowest BCUT2D eigenvalue weighted by Gasteiger charge is -2.29. The van der Waals surface area contributed by atoms with Crippen LogP contribution >= 0.6 is 0 Å². The van der Waals surface area contributed by atoms with Gasteiger partial charge in [-0.25, -0.2) is 4.79 Å². The fraction of sp³-hybridized carbons (Fsp3) is 0.333. The molecule has 0 bridgehead atoms. The van der Waals surface area contributed by atoms with Crippen molar-refractivity contribution in [3.63, 3.8) is 0 Å². The lowest BCUT2D eigenvalue weighted by atomic mass is 10.3. The van der Waals surface area contributed by atoms with Crippen molar-refractivity contribution in [1.29, 1.82) is 0 Å². The number of nitrogens with two attached hydrogens (primary N) is 1. The summed E-state index contributed by atoms with van der Waals surface area (Å²) in [6, 6.07) is 12.6. The molecule has 1 aromatic carbocycles. The largest absolute Gasteiger partial charge is 0.476 e. The van der Waals surface area contributed by atoms with Crippen LogP contribution < -0.4 is 26.0 Å². The van der Waals surface area contributed by atoms with Crippen molar-refractivity contribution >= 4 is 23.2 Å². The molecular weight excluding hydrogens is 334 g/mol. The second-order valence-electron chi connectivity index (χ2n) is 5.78. The van der Waals surface area contributed by atoms with E-state index >= 15 is 0 Å². The smallest absolute Gasteiger partial charge is 0.319 e. The van der Waals surface area contributed by atoms with Crippen molar-refractivity contribution in [3.8, 4) is 5.88 Å². The van der Waals surface area contributed by atoms with E-state index in [0.717, 1.165) is 24.5 Å². The number of para-hydroxylation sites is 1. The Bertz CT molecular complexity index is 734. The number of aromatic nitrogens is 1. The van der Waals surface area contributed by atoms with Gasteiger partial charge in [-0.3, -0.25) is 0 Å². The van der Waals surface area contributed by atoms with E-state index in [1.807, 2.05) is 42.5 Å². The molecule has 0 unspecified atom stereocenters. The number of pyridine rings is 1. The number of carbonyl (C=O) groups is 1. The van der Waals surface area contributed by atoms with Gasteiger partial charge in [0.1, 0.15) is 12.4 Å². The summed E-state index contributed by atoms with van der Waals surface area (Å²) in [6.07, 6.45) is 0. The number of morpholine rings is 1. The van der Waals surface area contributed by atoms with Gasteiger partial charge in [0.15, 0.2) is 0 Å². The molecule has 144 valence electrons. The minimum Gasteiger partial charge on any atom is -0.476 e. The van der Waals surface area contributed by atoms with Gasteiger partial charge in [-0.1, -0.05) is 18.2 Å². The molecule has 1 fully saturated rings. The normalized spacial score (nSPS) is 13.9. The molecule has 2 heterocycles. The molecule has 4 N–H and O–H groups in total. The number of anilines is 3. The number of nitrogens with one attached hydrogen (secondary N) is 2. The van der Waals surface area contributed by atoms with E-state index in [0.29, 0.717) is 38.1 Å². The third kappa shape index (κ3) is 5.25. The Balaban J connectivity index is 0.00000261. The molecular formula is C18H29N5O3. The van der Waals surface area contributed by atoms with Gasteiger partial charge in [0, 0.05) is 40.9 Å². The number of rotatable bonds is 6. The molecule has 26 heavy (non-hydrogen) atoms. The first kappa shape index (κ1) is 17.8. The molecule has 3 rings (SSSR count). The fourth-order valence-corrected chi connectivity index (χ4v) is 2.61. The minimum absolute atomic E-state index is 0. The van der Waals surface area contributed by atoms with Crippen LogP contribution in [0.3, 0.4) is 0 Å². The molecule has 0 spiro atoms. The average molecular weight is 363 g/mol. The third-order valence-corrected chi connectivity index (χ3v) is 3.85. The highest BCUT2D eigenvalue weighted by Gasteiger charge is 2.13. The lowest BCUT2D eigenvalue weighted by molar-refractivity contribution is 0.122. The van der Waals surface area contributed by atoms with E-state index in [1.54, 1.807) is 0 Å². The molecule has 8 nitrogen and oxygen atoms in total. The number of carbonyl (C=O) groups excluding carboxylic acids is 1. The van der Waals surface area contributed by atoms with Gasteiger partial charge < -0.3 is 30.7 Å². The Hall–Kier alpha value is -3.00. The van der Waals surface area contributed by atoms with Crippen LogP contribution in [-0.4, -0.2) is 50.5 Å². The summed E-state index contributed by atoms with van der Waals surface area (Å²) in [5, 5.41) is 5.48. The van der Waals surface area contributed by atoms with Crippen LogP contribution in [0.1, 0.15) is 4.28 Å². The summed E-state index contributed by atoms with van der Waals surface area (Å²) < 4.78 is 11.0. The van der Waals surface area contributed by atoms with Gasteiger partial charge in [-0.05, 0) is 12.1 Å². The predicted molar refractivity (Wildman–Crippen MR) is 107 cm³/mol. The topological polar surface area (TPSA) is 102 Å². The quantitative estimate of drug-likeness (QED) is 0.682. The molecule has 1 aliphatic heterocycles. The monoisotopic (exact) mass is 363 g/mol. The number of nitrogens with zero attached hydrogens (tertiary/aromatic N) is 2. The lowest BCUT2D eigenvalue weighted by Crippen LogP contribution is -2.36. The van der Waals surface area contributed by atoms with Crippen molar-refractivity contribution < 1.29 is 18.5 Å². The van der Waals surface area contributed by atoms with Crippen molar-refractivity contribution in [1.82, 2.24) is 10.3 Å². The number of hydrogen-bond donors (Lipinski definition) is 3. The summed E-state index contributed by atoms with van der Waals surface area (Å²) in [5.41, 5.74) is 7.57. The van der Waals surface area contributed by atoms with Crippen LogP contribution in [0.2, 0.25) is 0 Å². The SMILES string of the molecule is Nc1cc(N2CCOCC2)cc(OCCNC(=O)Nc2ccccc2)n1.[HH].[HH].[HH]. The van der Waals surface area contributed by atoms with E-state index in [1.165, 1.54) is 0 Å². The maximum Gasteiger partial charge on any atom is 0.319 e. The molecule has 2 amide bonds. The summed E-state index contributed by atoms with van der Waals surface area (Å²) >= 11 is 0. The number of benzene rings is 1. The Morgan fingerprint density at radius 2 is 2.04 bits per heavy atom. The molecule has 2 aromatic rings. The molecule has 0 saturated carbocycles. The molecule has 1 saturated heterocycles. The van der Waals surface area contributed by atoms with Crippen LogP contribution in [0, 0.1) is 0 Å². The first-order valence-electron chi connectivity index (χ1n) is 8.54. The van der Waals surface area contributed by atoms with E-state index in [4.69, 9.17) is 15.2 Å². The highest BCUT2D eigenvalue weighted by Crippen LogP contribution is 2.23. The first-order chi connectivity index (χ1) is 12.7. The van der Waals surface area contributed by atoms with Gasteiger partial charge in [0.2, 0.25) is 5.88 Å². The number of urea groups is 1. The zero-order valence-corrected chi connectivity index (χ0v) is 14.5. The molecule has 0 aliphatic carbocycles. The van der Waals surface area contributed by atoms with Crippen molar-refractivity contribution in [2.24, 2.45) is 0 Å². The first-order valence-corrected chi connectivity index (χ1v) is 8.54. The van der Waals surface area contributed by atoms with Crippen molar-refractivity contribution in [2.45, 2.75) is 0 Å². The van der Waals surface area contributed by atoms with Crippen LogP contribution in [0.4, 0.5) is 22.0 Å². The van der Waals surface area contributed by atoms with Gasteiger partial charge in [-0.15, -0.1) is 0 Å². The highest BCUT2D eigenvalue weighted by molar-refractivity contribution is 5.89. The summed E-state index contributed by atoms with van der Waals surface area (Å²) in [5.74, 6) is 0.843. The maximum atomic E-state index is 11.8. The Kier molecular flexibility index (Phi) is 6.10. The third-order valence-electron chi connectivity index (χ3n) is 3.85. The number of amides is 2. The van der Waals surface area contributed by atoms with E-state index in [2.05, 4.69) is 20.5 Å². The summed E-state index contributed by atoms with van der Waals surface area (Å²) in [4.78, 5) is 18.2. The predicted octanol–water partition coefficient (Wildman–Crippen LogP) is 2.44. The van der Waals surface area contributed by atoms with Gasteiger partial charge in [-0.2, -0.15) is 4.98 Å². The molecule has 1 aliphatic rings. The molecule has 1 aromatic heterocycles. The summed E-state index contributed by atoms with van der Waals surface area (Å²) in [6.45, 7) is 3.65. The van der Waals surface area contributed by atoms with Crippen LogP contribution in [0.5, 0.6) is 5.88 Å². The summed E-state index contributed by atoms with van der Waals surface area (Å²) in [7, 11) is 0. The van der Waals surface area contributed by atoms with E-state index < -0.39 is 0 Å². The second kappa shape index (κ2) is 8.91. The van der Waals surface area contributed by atoms with Gasteiger partial charge in [0.05, 0.1) is 19.8 Å². The standard InChI is InChI=1S/C18H23N5O3.3H2/c19-16-12-15(23-7-10-25-11-8-23)13-17(22-16)26-9-6-20-18(24)21-14-4-2-1-3-5-14;;;/h1-5,12-13H,6-11H2,(H2,19,22)(H2,20,21,24);3*1H. The molecule has 0 radical (unpaired) electrons. The van der Waals surface area contributed by atoms with E-state index in [-0.39, 0.29) is 10.3 Å². The Labute approximate surface area is 156 Å². The van der Waals surface area contributed by atoms with Gasteiger partial charge >= 0.3 is 6.03 Å².